The van der Waals surface area contributed by atoms with Crippen LogP contribution in [0.4, 0.5) is 5.69 Å². The molecule has 1 aromatic carbocycles. The summed E-state index contributed by atoms with van der Waals surface area (Å²) in [6.45, 7) is 4.49. The van der Waals surface area contributed by atoms with Gasteiger partial charge in [0.2, 0.25) is 0 Å². The zero-order valence-electron chi connectivity index (χ0n) is 11.4. The van der Waals surface area contributed by atoms with Crippen molar-refractivity contribution >= 4 is 23.3 Å². The number of carbonyl (C=O) groups excluding carboxylic acids is 1. The van der Waals surface area contributed by atoms with E-state index in [2.05, 4.69) is 5.10 Å². The molecule has 20 heavy (non-hydrogen) atoms. The summed E-state index contributed by atoms with van der Waals surface area (Å²) in [5.41, 5.74) is 7.89. The van der Waals surface area contributed by atoms with E-state index in [4.69, 9.17) is 22.1 Å². The number of esters is 1. The second-order valence-corrected chi connectivity index (χ2v) is 4.70. The van der Waals surface area contributed by atoms with Crippen LogP contribution in [-0.4, -0.2) is 15.7 Å². The van der Waals surface area contributed by atoms with Gasteiger partial charge in [0.15, 0.2) is 0 Å². The van der Waals surface area contributed by atoms with Gasteiger partial charge in [-0.05, 0) is 26.0 Å². The van der Waals surface area contributed by atoms with Crippen LogP contribution in [0.5, 0.6) is 0 Å². The predicted molar refractivity (Wildman–Crippen MR) is 77.6 cm³/mol. The van der Waals surface area contributed by atoms with Gasteiger partial charge in [0.05, 0.1) is 22.0 Å². The summed E-state index contributed by atoms with van der Waals surface area (Å²) in [5, 5.41) is 4.79. The highest BCUT2D eigenvalue weighted by Gasteiger charge is 2.16. The Kier molecular flexibility index (Phi) is 4.29. The van der Waals surface area contributed by atoms with Crippen molar-refractivity contribution in [3.8, 4) is 0 Å². The SMILES string of the molecule is CCn1nc(C)c(Cl)c1COC(=O)c1ccccc1N. The van der Waals surface area contributed by atoms with Crippen LogP contribution in [0.15, 0.2) is 24.3 Å². The molecule has 0 aliphatic carbocycles. The number of nitrogen functional groups attached to an aromatic ring is 1. The molecule has 2 rings (SSSR count). The van der Waals surface area contributed by atoms with Gasteiger partial charge in [0.25, 0.3) is 0 Å². The predicted octanol–water partition coefficient (Wildman–Crippen LogP) is 2.80. The first-order valence-electron chi connectivity index (χ1n) is 6.28. The molecule has 6 heteroatoms. The van der Waals surface area contributed by atoms with E-state index in [0.717, 1.165) is 5.69 Å². The third kappa shape index (κ3) is 2.77. The number of hydrogen-bond acceptors (Lipinski definition) is 4. The molecule has 0 saturated heterocycles. The van der Waals surface area contributed by atoms with Crippen molar-refractivity contribution in [3.05, 3.63) is 46.2 Å². The van der Waals surface area contributed by atoms with Crippen molar-refractivity contribution in [2.24, 2.45) is 0 Å². The number of hydrogen-bond donors (Lipinski definition) is 1. The number of ether oxygens (including phenoxy) is 1. The molecule has 0 unspecified atom stereocenters. The molecule has 0 radical (unpaired) electrons. The van der Waals surface area contributed by atoms with Crippen LogP contribution in [0.25, 0.3) is 0 Å². The molecule has 5 nitrogen and oxygen atoms in total. The second kappa shape index (κ2) is 5.96. The van der Waals surface area contributed by atoms with E-state index in [0.29, 0.717) is 28.5 Å². The van der Waals surface area contributed by atoms with E-state index < -0.39 is 5.97 Å². The summed E-state index contributed by atoms with van der Waals surface area (Å²) in [5.74, 6) is -0.472. The fourth-order valence-corrected chi connectivity index (χ4v) is 2.09. The van der Waals surface area contributed by atoms with Crippen LogP contribution < -0.4 is 5.73 Å². The molecule has 1 heterocycles. The monoisotopic (exact) mass is 293 g/mol. The maximum Gasteiger partial charge on any atom is 0.340 e. The number of rotatable bonds is 4. The van der Waals surface area contributed by atoms with Crippen molar-refractivity contribution in [2.75, 3.05) is 5.73 Å². The quantitative estimate of drug-likeness (QED) is 0.695. The Bertz CT molecular complexity index is 637. The topological polar surface area (TPSA) is 70.1 Å². The van der Waals surface area contributed by atoms with E-state index in [-0.39, 0.29) is 6.61 Å². The molecular weight excluding hydrogens is 278 g/mol. The lowest BCUT2D eigenvalue weighted by atomic mass is 10.2. The molecule has 0 saturated carbocycles. The third-order valence-corrected chi connectivity index (χ3v) is 3.47. The van der Waals surface area contributed by atoms with Crippen LogP contribution in [0, 0.1) is 6.92 Å². The number of anilines is 1. The third-order valence-electron chi connectivity index (χ3n) is 2.97. The molecule has 0 aliphatic heterocycles. The van der Waals surface area contributed by atoms with Crippen molar-refractivity contribution in [1.82, 2.24) is 9.78 Å². The van der Waals surface area contributed by atoms with Gasteiger partial charge in [-0.2, -0.15) is 5.10 Å². The number of aromatic nitrogens is 2. The van der Waals surface area contributed by atoms with Gasteiger partial charge in [0.1, 0.15) is 6.61 Å². The highest BCUT2D eigenvalue weighted by Crippen LogP contribution is 2.22. The van der Waals surface area contributed by atoms with Crippen LogP contribution in [-0.2, 0) is 17.9 Å². The molecule has 2 aromatic rings. The zero-order valence-corrected chi connectivity index (χ0v) is 12.1. The number of nitrogens with zero attached hydrogens (tertiary/aromatic N) is 2. The molecule has 0 bridgehead atoms. The average molecular weight is 294 g/mol. The van der Waals surface area contributed by atoms with E-state index in [1.165, 1.54) is 0 Å². The first kappa shape index (κ1) is 14.4. The Morgan fingerprint density at radius 1 is 1.45 bits per heavy atom. The standard InChI is InChI=1S/C14H16ClN3O2/c1-3-18-12(13(15)9(2)17-18)8-20-14(19)10-6-4-5-7-11(10)16/h4-7H,3,8,16H2,1-2H3. The van der Waals surface area contributed by atoms with E-state index in [1.54, 1.807) is 28.9 Å². The minimum Gasteiger partial charge on any atom is -0.455 e. The lowest BCUT2D eigenvalue weighted by molar-refractivity contribution is 0.0464. The Hall–Kier alpha value is -2.01. The number of halogens is 1. The van der Waals surface area contributed by atoms with Crippen molar-refractivity contribution < 1.29 is 9.53 Å². The number of benzene rings is 1. The van der Waals surface area contributed by atoms with Crippen molar-refractivity contribution in [2.45, 2.75) is 27.0 Å². The lowest BCUT2D eigenvalue weighted by Crippen LogP contribution is -2.11. The number of aryl methyl sites for hydroxylation is 2. The lowest BCUT2D eigenvalue weighted by Gasteiger charge is -2.08. The molecule has 0 amide bonds. The molecule has 1 aromatic heterocycles. The number of carbonyl (C=O) groups is 1. The zero-order chi connectivity index (χ0) is 14.7. The summed E-state index contributed by atoms with van der Waals surface area (Å²) in [6.07, 6.45) is 0. The van der Waals surface area contributed by atoms with Gasteiger partial charge in [-0.15, -0.1) is 0 Å². The fourth-order valence-electron chi connectivity index (χ4n) is 1.90. The maximum absolute atomic E-state index is 12.0. The van der Waals surface area contributed by atoms with E-state index in [1.807, 2.05) is 13.8 Å². The van der Waals surface area contributed by atoms with Crippen LogP contribution in [0.1, 0.15) is 28.7 Å². The van der Waals surface area contributed by atoms with Crippen molar-refractivity contribution in [3.63, 3.8) is 0 Å². The van der Waals surface area contributed by atoms with Gasteiger partial charge < -0.3 is 10.5 Å². The van der Waals surface area contributed by atoms with Gasteiger partial charge >= 0.3 is 5.97 Å². The second-order valence-electron chi connectivity index (χ2n) is 4.33. The highest BCUT2D eigenvalue weighted by atomic mass is 35.5. The summed E-state index contributed by atoms with van der Waals surface area (Å²) in [4.78, 5) is 12.0. The van der Waals surface area contributed by atoms with Crippen LogP contribution in [0.2, 0.25) is 5.02 Å². The molecule has 0 spiro atoms. The average Bonchev–Trinajstić information content (AvgIpc) is 2.72. The van der Waals surface area contributed by atoms with E-state index >= 15 is 0 Å². The van der Waals surface area contributed by atoms with Crippen molar-refractivity contribution in [1.29, 1.82) is 0 Å². The first-order valence-corrected chi connectivity index (χ1v) is 6.65. The summed E-state index contributed by atoms with van der Waals surface area (Å²) < 4.78 is 6.99. The fraction of sp³-hybridized carbons (Fsp3) is 0.286. The van der Waals surface area contributed by atoms with E-state index in [9.17, 15) is 4.79 Å². The first-order chi connectivity index (χ1) is 9.54. The van der Waals surface area contributed by atoms with Gasteiger partial charge in [-0.25, -0.2) is 4.79 Å². The maximum atomic E-state index is 12.0. The molecule has 0 aliphatic rings. The highest BCUT2D eigenvalue weighted by molar-refractivity contribution is 6.31. The Labute approximate surface area is 122 Å². The summed E-state index contributed by atoms with van der Waals surface area (Å²) in [7, 11) is 0. The van der Waals surface area contributed by atoms with Gasteiger partial charge in [-0.3, -0.25) is 4.68 Å². The number of nitrogens with two attached hydrogens (primary N) is 1. The minimum absolute atomic E-state index is 0.0701. The van der Waals surface area contributed by atoms with Gasteiger partial charge in [-0.1, -0.05) is 23.7 Å². The van der Waals surface area contributed by atoms with Crippen LogP contribution in [0.3, 0.4) is 0 Å². The van der Waals surface area contributed by atoms with Gasteiger partial charge in [0, 0.05) is 12.2 Å². The van der Waals surface area contributed by atoms with Crippen LogP contribution >= 0.6 is 11.6 Å². The number of para-hydroxylation sites is 1. The molecule has 106 valence electrons. The minimum atomic E-state index is -0.472. The molecule has 2 N–H and O–H groups in total. The Morgan fingerprint density at radius 3 is 2.80 bits per heavy atom. The normalized spacial score (nSPS) is 10.6. The molecule has 0 fully saturated rings. The molecular formula is C14H16ClN3O2. The smallest absolute Gasteiger partial charge is 0.340 e. The Morgan fingerprint density at radius 2 is 2.15 bits per heavy atom. The summed E-state index contributed by atoms with van der Waals surface area (Å²) >= 11 is 6.15. The summed E-state index contributed by atoms with van der Waals surface area (Å²) in [6, 6.07) is 6.78. The Balaban J connectivity index is 2.13. The molecule has 0 atom stereocenters. The largest absolute Gasteiger partial charge is 0.455 e.